The summed E-state index contributed by atoms with van der Waals surface area (Å²) in [6, 6.07) is 10.2. The zero-order valence-electron chi connectivity index (χ0n) is 9.58. The molecular formula is C12H13N3O2S. The molecule has 2 aromatic rings. The molecular weight excluding hydrogens is 250 g/mol. The van der Waals surface area contributed by atoms with Gasteiger partial charge in [-0.25, -0.2) is 13.6 Å². The van der Waals surface area contributed by atoms with Crippen LogP contribution < -0.4 is 10.5 Å². The third kappa shape index (κ3) is 3.28. The number of primary sulfonamides is 1. The van der Waals surface area contributed by atoms with E-state index in [-0.39, 0.29) is 4.90 Å². The Hall–Kier alpha value is -1.92. The van der Waals surface area contributed by atoms with Crippen molar-refractivity contribution in [2.24, 2.45) is 5.14 Å². The summed E-state index contributed by atoms with van der Waals surface area (Å²) in [6.45, 7) is 0.571. The van der Waals surface area contributed by atoms with Crippen LogP contribution in [0.2, 0.25) is 0 Å². The van der Waals surface area contributed by atoms with Gasteiger partial charge < -0.3 is 5.32 Å². The molecule has 6 heteroatoms. The summed E-state index contributed by atoms with van der Waals surface area (Å²) in [7, 11) is -3.66. The van der Waals surface area contributed by atoms with Crippen LogP contribution in [0.4, 0.5) is 5.69 Å². The molecule has 18 heavy (non-hydrogen) atoms. The van der Waals surface area contributed by atoms with Crippen molar-refractivity contribution in [2.75, 3.05) is 5.32 Å². The monoisotopic (exact) mass is 263 g/mol. The highest BCUT2D eigenvalue weighted by atomic mass is 32.2. The maximum atomic E-state index is 11.2. The summed E-state index contributed by atoms with van der Waals surface area (Å²) in [5.41, 5.74) is 1.71. The number of anilines is 1. The topological polar surface area (TPSA) is 85.1 Å². The Bertz CT molecular complexity index is 627. The molecule has 5 nitrogen and oxygen atoms in total. The van der Waals surface area contributed by atoms with Crippen LogP contribution in [0.3, 0.4) is 0 Å². The quantitative estimate of drug-likeness (QED) is 0.871. The number of aromatic nitrogens is 1. The molecule has 0 atom stereocenters. The van der Waals surface area contributed by atoms with Gasteiger partial charge in [0.15, 0.2) is 0 Å². The molecule has 0 radical (unpaired) electrons. The molecule has 1 heterocycles. The molecule has 0 aliphatic rings. The Morgan fingerprint density at radius 2 is 2.06 bits per heavy atom. The first-order chi connectivity index (χ1) is 8.55. The summed E-state index contributed by atoms with van der Waals surface area (Å²) in [4.78, 5) is 4.09. The van der Waals surface area contributed by atoms with Gasteiger partial charge in [-0.2, -0.15) is 0 Å². The molecule has 3 N–H and O–H groups in total. The Kier molecular flexibility index (Phi) is 3.59. The summed E-state index contributed by atoms with van der Waals surface area (Å²) >= 11 is 0. The summed E-state index contributed by atoms with van der Waals surface area (Å²) in [6.07, 6.45) is 3.45. The second-order valence-corrected chi connectivity index (χ2v) is 5.35. The normalized spacial score (nSPS) is 11.2. The van der Waals surface area contributed by atoms with Gasteiger partial charge in [0, 0.05) is 24.6 Å². The highest BCUT2D eigenvalue weighted by Crippen LogP contribution is 2.14. The van der Waals surface area contributed by atoms with Gasteiger partial charge in [0.2, 0.25) is 10.0 Å². The van der Waals surface area contributed by atoms with Crippen LogP contribution in [-0.4, -0.2) is 13.4 Å². The first kappa shape index (κ1) is 12.5. The van der Waals surface area contributed by atoms with Gasteiger partial charge in [-0.1, -0.05) is 12.1 Å². The molecule has 0 spiro atoms. The van der Waals surface area contributed by atoms with E-state index in [1.807, 2.05) is 12.1 Å². The minimum atomic E-state index is -3.66. The maximum absolute atomic E-state index is 11.2. The molecule has 0 unspecified atom stereocenters. The van der Waals surface area contributed by atoms with E-state index in [2.05, 4.69) is 10.3 Å². The fraction of sp³-hybridized carbons (Fsp3) is 0.0833. The zero-order chi connectivity index (χ0) is 13.0. The van der Waals surface area contributed by atoms with Gasteiger partial charge in [-0.15, -0.1) is 0 Å². The van der Waals surface area contributed by atoms with Crippen LogP contribution >= 0.6 is 0 Å². The lowest BCUT2D eigenvalue weighted by atomic mass is 10.2. The largest absolute Gasteiger partial charge is 0.381 e. The average molecular weight is 263 g/mol. The van der Waals surface area contributed by atoms with Gasteiger partial charge >= 0.3 is 0 Å². The van der Waals surface area contributed by atoms with Crippen LogP contribution in [-0.2, 0) is 16.6 Å². The number of rotatable bonds is 4. The van der Waals surface area contributed by atoms with Crippen LogP contribution in [0.1, 0.15) is 5.56 Å². The van der Waals surface area contributed by atoms with Crippen LogP contribution in [0.25, 0.3) is 0 Å². The van der Waals surface area contributed by atoms with E-state index in [0.29, 0.717) is 12.2 Å². The molecule has 1 aromatic heterocycles. The molecule has 0 saturated carbocycles. The highest BCUT2D eigenvalue weighted by Gasteiger charge is 2.07. The van der Waals surface area contributed by atoms with E-state index in [9.17, 15) is 8.42 Å². The van der Waals surface area contributed by atoms with Crippen molar-refractivity contribution in [1.82, 2.24) is 4.98 Å². The zero-order valence-corrected chi connectivity index (χ0v) is 10.4. The fourth-order valence-electron chi connectivity index (χ4n) is 1.49. The second-order valence-electron chi connectivity index (χ2n) is 3.79. The third-order valence-corrected chi connectivity index (χ3v) is 3.29. The van der Waals surface area contributed by atoms with Crippen molar-refractivity contribution >= 4 is 15.7 Å². The van der Waals surface area contributed by atoms with Gasteiger partial charge in [-0.3, -0.25) is 4.98 Å². The van der Waals surface area contributed by atoms with Gasteiger partial charge in [0.25, 0.3) is 0 Å². The lowest BCUT2D eigenvalue weighted by Crippen LogP contribution is -2.12. The van der Waals surface area contributed by atoms with Gasteiger partial charge in [0.05, 0.1) is 4.90 Å². The van der Waals surface area contributed by atoms with E-state index >= 15 is 0 Å². The molecule has 0 aliphatic carbocycles. The average Bonchev–Trinajstić information content (AvgIpc) is 2.37. The third-order valence-electron chi connectivity index (χ3n) is 2.38. The minimum Gasteiger partial charge on any atom is -0.381 e. The summed E-state index contributed by atoms with van der Waals surface area (Å²) in [5, 5.41) is 8.18. The van der Waals surface area contributed by atoms with Crippen molar-refractivity contribution < 1.29 is 8.42 Å². The molecule has 0 amide bonds. The van der Waals surface area contributed by atoms with Crippen molar-refractivity contribution in [3.63, 3.8) is 0 Å². The van der Waals surface area contributed by atoms with Crippen LogP contribution in [0.5, 0.6) is 0 Å². The molecule has 0 aliphatic heterocycles. The van der Waals surface area contributed by atoms with Gasteiger partial charge in [-0.05, 0) is 29.8 Å². The number of hydrogen-bond acceptors (Lipinski definition) is 4. The minimum absolute atomic E-state index is 0.0960. The molecule has 0 fully saturated rings. The molecule has 0 saturated heterocycles. The summed E-state index contributed by atoms with van der Waals surface area (Å²) < 4.78 is 22.4. The number of nitrogens with zero attached hydrogens (tertiary/aromatic N) is 1. The fourth-order valence-corrected chi connectivity index (χ4v) is 2.05. The number of sulfonamides is 1. The standard InChI is InChI=1S/C12H13N3O2S/c13-18(16,17)12-5-1-4-11(7-12)15-9-10-3-2-6-14-8-10/h1-8,15H,9H2,(H2,13,16,17). The molecule has 94 valence electrons. The summed E-state index contributed by atoms with van der Waals surface area (Å²) in [5.74, 6) is 0. The molecule has 0 bridgehead atoms. The van der Waals surface area contributed by atoms with E-state index < -0.39 is 10.0 Å². The van der Waals surface area contributed by atoms with E-state index in [4.69, 9.17) is 5.14 Å². The second kappa shape index (κ2) is 5.16. The number of benzene rings is 1. The first-order valence-corrected chi connectivity index (χ1v) is 6.86. The number of nitrogens with two attached hydrogens (primary N) is 1. The Morgan fingerprint density at radius 3 is 2.72 bits per heavy atom. The smallest absolute Gasteiger partial charge is 0.238 e. The lowest BCUT2D eigenvalue weighted by molar-refractivity contribution is 0.598. The number of pyridine rings is 1. The lowest BCUT2D eigenvalue weighted by Gasteiger charge is -2.07. The Labute approximate surface area is 106 Å². The van der Waals surface area contributed by atoms with Crippen molar-refractivity contribution in [2.45, 2.75) is 11.4 Å². The van der Waals surface area contributed by atoms with Crippen LogP contribution in [0, 0.1) is 0 Å². The predicted octanol–water partition coefficient (Wildman–Crippen LogP) is 1.34. The van der Waals surface area contributed by atoms with E-state index in [0.717, 1.165) is 5.56 Å². The van der Waals surface area contributed by atoms with E-state index in [1.54, 1.807) is 24.5 Å². The van der Waals surface area contributed by atoms with Crippen molar-refractivity contribution in [3.05, 3.63) is 54.4 Å². The number of hydrogen-bond donors (Lipinski definition) is 2. The molecule has 1 aromatic carbocycles. The predicted molar refractivity (Wildman–Crippen MR) is 69.4 cm³/mol. The first-order valence-electron chi connectivity index (χ1n) is 5.31. The molecule has 2 rings (SSSR count). The van der Waals surface area contributed by atoms with Crippen LogP contribution in [0.15, 0.2) is 53.7 Å². The SMILES string of the molecule is NS(=O)(=O)c1cccc(NCc2cccnc2)c1. The Morgan fingerprint density at radius 1 is 1.22 bits per heavy atom. The maximum Gasteiger partial charge on any atom is 0.238 e. The highest BCUT2D eigenvalue weighted by molar-refractivity contribution is 7.89. The van der Waals surface area contributed by atoms with Crippen molar-refractivity contribution in [3.8, 4) is 0 Å². The van der Waals surface area contributed by atoms with Crippen molar-refractivity contribution in [1.29, 1.82) is 0 Å². The van der Waals surface area contributed by atoms with Gasteiger partial charge in [0.1, 0.15) is 0 Å². The number of nitrogens with one attached hydrogen (secondary N) is 1. The van der Waals surface area contributed by atoms with E-state index in [1.165, 1.54) is 12.1 Å². The Balaban J connectivity index is 2.11.